The number of nitrogen functional groups attached to an aromatic ring is 1. The largest absolute Gasteiger partial charge is 0.384 e. The van der Waals surface area contributed by atoms with Crippen molar-refractivity contribution in [2.75, 3.05) is 25.4 Å². The van der Waals surface area contributed by atoms with Crippen LogP contribution in [-0.4, -0.2) is 67.6 Å². The zero-order valence-electron chi connectivity index (χ0n) is 18.0. The van der Waals surface area contributed by atoms with Gasteiger partial charge in [0.15, 0.2) is 0 Å². The fourth-order valence-corrected chi connectivity index (χ4v) is 6.78. The Balaban J connectivity index is 0.00000216. The third-order valence-electron chi connectivity index (χ3n) is 5.35. The quantitative estimate of drug-likeness (QED) is 0.202. The maximum Gasteiger partial charge on any atom is 0.242 e. The van der Waals surface area contributed by atoms with Gasteiger partial charge < -0.3 is 16.8 Å². The van der Waals surface area contributed by atoms with Crippen LogP contribution in [0.25, 0.3) is 22.5 Å². The van der Waals surface area contributed by atoms with Crippen LogP contribution in [-0.2, 0) is 20.0 Å². The third kappa shape index (κ3) is 5.70. The van der Waals surface area contributed by atoms with Gasteiger partial charge >= 0.3 is 0 Å². The molecular formula is C17H24Cl2N10O4S2. The first-order valence-electron chi connectivity index (χ1n) is 9.67. The molecule has 0 bridgehead atoms. The molecule has 192 valence electrons. The van der Waals surface area contributed by atoms with Gasteiger partial charge in [-0.15, -0.1) is 35.0 Å². The van der Waals surface area contributed by atoms with Gasteiger partial charge in [-0.1, -0.05) is 6.07 Å². The number of pyridine rings is 1. The lowest BCUT2D eigenvalue weighted by Gasteiger charge is -2.28. The van der Waals surface area contributed by atoms with Crippen LogP contribution in [0.5, 0.6) is 0 Å². The molecule has 1 fully saturated rings. The van der Waals surface area contributed by atoms with Gasteiger partial charge in [-0.3, -0.25) is 0 Å². The van der Waals surface area contributed by atoms with Crippen LogP contribution in [0.15, 0.2) is 40.3 Å². The number of halogens is 2. The van der Waals surface area contributed by atoms with Gasteiger partial charge in [0.25, 0.3) is 0 Å². The molecule has 1 unspecified atom stereocenters. The summed E-state index contributed by atoms with van der Waals surface area (Å²) in [5.41, 5.74) is 11.1. The van der Waals surface area contributed by atoms with Crippen LogP contribution in [0.1, 0.15) is 6.42 Å². The summed E-state index contributed by atoms with van der Waals surface area (Å²) in [7, 11) is -9.00. The van der Waals surface area contributed by atoms with Crippen molar-refractivity contribution < 1.29 is 16.8 Å². The summed E-state index contributed by atoms with van der Waals surface area (Å²) in [5.74, 6) is 0.0751. The summed E-state index contributed by atoms with van der Waals surface area (Å²) in [5, 5.41) is 22.0. The number of nitrogens with zero attached hydrogens (tertiary/aromatic N) is 4. The highest BCUT2D eigenvalue weighted by Crippen LogP contribution is 2.39. The molecule has 1 saturated heterocycles. The van der Waals surface area contributed by atoms with E-state index < -0.39 is 35.4 Å². The highest BCUT2D eigenvalue weighted by atomic mass is 35.5. The number of hydrogen-bond acceptors (Lipinski definition) is 11. The summed E-state index contributed by atoms with van der Waals surface area (Å²) in [4.78, 5) is 2.78. The average molecular weight is 567 g/mol. The van der Waals surface area contributed by atoms with Crippen molar-refractivity contribution in [3.63, 3.8) is 0 Å². The highest BCUT2D eigenvalue weighted by molar-refractivity contribution is 7.92. The lowest BCUT2D eigenvalue weighted by Crippen LogP contribution is -2.55. The van der Waals surface area contributed by atoms with E-state index in [1.807, 2.05) is 0 Å². The van der Waals surface area contributed by atoms with Crippen molar-refractivity contribution in [3.8, 4) is 22.5 Å². The van der Waals surface area contributed by atoms with Gasteiger partial charge in [0.05, 0.1) is 11.1 Å². The summed E-state index contributed by atoms with van der Waals surface area (Å²) >= 11 is 0. The molecule has 1 atom stereocenters. The SMILES string of the molecule is Cl.Cl.NCC1(NS(=O)(=O)c2ccc(-c3ccc(N)nc3)c(-c3nn[nH]n3)c2S(N)(=O)=O)CCNC1. The van der Waals surface area contributed by atoms with E-state index in [0.717, 1.165) is 6.07 Å². The Morgan fingerprint density at radius 2 is 1.86 bits per heavy atom. The Labute approximate surface area is 213 Å². The molecule has 0 radical (unpaired) electrons. The first-order valence-corrected chi connectivity index (χ1v) is 12.7. The van der Waals surface area contributed by atoms with E-state index in [-0.39, 0.29) is 54.1 Å². The molecule has 1 aliphatic rings. The third-order valence-corrected chi connectivity index (χ3v) is 8.09. The number of nitrogens with two attached hydrogens (primary N) is 3. The molecule has 1 aromatic carbocycles. The Bertz CT molecular complexity index is 1380. The van der Waals surface area contributed by atoms with E-state index in [2.05, 4.69) is 35.6 Å². The van der Waals surface area contributed by atoms with Crippen molar-refractivity contribution in [3.05, 3.63) is 30.5 Å². The molecule has 0 aliphatic carbocycles. The Hall–Kier alpha value is -2.44. The van der Waals surface area contributed by atoms with Crippen LogP contribution in [0.4, 0.5) is 5.82 Å². The van der Waals surface area contributed by atoms with Crippen molar-refractivity contribution in [2.24, 2.45) is 10.9 Å². The number of aromatic amines is 1. The van der Waals surface area contributed by atoms with Crippen molar-refractivity contribution >= 4 is 50.7 Å². The summed E-state index contributed by atoms with van der Waals surface area (Å²) in [6.07, 6.45) is 1.83. The van der Waals surface area contributed by atoms with Gasteiger partial charge in [0, 0.05) is 24.8 Å². The van der Waals surface area contributed by atoms with Crippen LogP contribution in [0.2, 0.25) is 0 Å². The number of rotatable bonds is 7. The van der Waals surface area contributed by atoms with Gasteiger partial charge in [-0.05, 0) is 41.9 Å². The number of primary sulfonamides is 1. The average Bonchev–Trinajstić information content (AvgIpc) is 3.45. The van der Waals surface area contributed by atoms with E-state index >= 15 is 0 Å². The minimum atomic E-state index is -4.60. The maximum absolute atomic E-state index is 13.4. The second-order valence-corrected chi connectivity index (χ2v) is 10.7. The molecule has 1 aliphatic heterocycles. The molecule has 9 N–H and O–H groups in total. The lowest BCUT2D eigenvalue weighted by atomic mass is 10.0. The van der Waals surface area contributed by atoms with E-state index in [1.54, 1.807) is 6.07 Å². The number of anilines is 1. The molecule has 0 amide bonds. The standard InChI is InChI=1S/C17H22N10O4S2.2ClH/c18-8-17(5-6-21-9-17)25-33(30,31)12-3-2-11(10-1-4-13(19)22-7-10)14(15(12)32(20,28)29)16-23-26-27-24-16;;/h1-4,7,21,25H,5-6,8-9,18H2,(H2,19,22)(H2,20,28,29)(H,23,24,26,27);2*1H. The molecule has 4 rings (SSSR count). The van der Waals surface area contributed by atoms with Crippen LogP contribution in [0.3, 0.4) is 0 Å². The monoisotopic (exact) mass is 566 g/mol. The zero-order valence-corrected chi connectivity index (χ0v) is 21.3. The molecule has 3 heterocycles. The first kappa shape index (κ1) is 28.8. The van der Waals surface area contributed by atoms with Crippen LogP contribution < -0.4 is 26.6 Å². The number of sulfonamides is 2. The van der Waals surface area contributed by atoms with E-state index in [9.17, 15) is 16.8 Å². The smallest absolute Gasteiger partial charge is 0.242 e. The summed E-state index contributed by atoms with van der Waals surface area (Å²) in [6.45, 7) is 0.857. The van der Waals surface area contributed by atoms with E-state index in [4.69, 9.17) is 16.6 Å². The highest BCUT2D eigenvalue weighted by Gasteiger charge is 2.40. The van der Waals surface area contributed by atoms with Gasteiger partial charge in [-0.2, -0.15) is 5.21 Å². The number of hydrogen-bond donors (Lipinski definition) is 6. The van der Waals surface area contributed by atoms with E-state index in [0.29, 0.717) is 25.1 Å². The molecule has 0 saturated carbocycles. The lowest BCUT2D eigenvalue weighted by molar-refractivity contribution is 0.422. The van der Waals surface area contributed by atoms with Crippen LogP contribution >= 0.6 is 24.8 Å². The minimum Gasteiger partial charge on any atom is -0.384 e. The van der Waals surface area contributed by atoms with Gasteiger partial charge in [0.2, 0.25) is 25.9 Å². The number of nitrogens with one attached hydrogen (secondary N) is 3. The Morgan fingerprint density at radius 1 is 1.11 bits per heavy atom. The number of tetrazole rings is 1. The zero-order chi connectivity index (χ0) is 23.9. The minimum absolute atomic E-state index is 0. The van der Waals surface area contributed by atoms with E-state index in [1.165, 1.54) is 18.3 Å². The van der Waals surface area contributed by atoms with Crippen LogP contribution in [0, 0.1) is 0 Å². The first-order chi connectivity index (χ1) is 15.6. The predicted octanol–water partition coefficient (Wildman–Crippen LogP) is -1.03. The molecule has 18 heteroatoms. The number of H-pyrrole nitrogens is 1. The Morgan fingerprint density at radius 3 is 2.37 bits per heavy atom. The Kier molecular flexibility index (Phi) is 8.78. The van der Waals surface area contributed by atoms with Gasteiger partial charge in [-0.25, -0.2) is 31.7 Å². The second-order valence-electron chi connectivity index (χ2n) is 7.58. The van der Waals surface area contributed by atoms with Crippen molar-refractivity contribution in [2.45, 2.75) is 21.8 Å². The van der Waals surface area contributed by atoms with Gasteiger partial charge in [0.1, 0.15) is 15.6 Å². The number of benzene rings is 1. The topological polar surface area (TPSA) is 238 Å². The van der Waals surface area contributed by atoms with Crippen molar-refractivity contribution in [1.29, 1.82) is 0 Å². The second kappa shape index (κ2) is 10.7. The summed E-state index contributed by atoms with van der Waals surface area (Å²) < 4.78 is 54.9. The fourth-order valence-electron chi connectivity index (χ4n) is 3.74. The normalized spacial score (nSPS) is 18.0. The van der Waals surface area contributed by atoms with Crippen molar-refractivity contribution in [1.82, 2.24) is 35.6 Å². The molecule has 35 heavy (non-hydrogen) atoms. The fraction of sp³-hybridized carbons (Fsp3) is 0.294. The molecular weight excluding hydrogens is 543 g/mol. The maximum atomic E-state index is 13.4. The molecule has 14 nitrogen and oxygen atoms in total. The molecule has 2 aromatic heterocycles. The summed E-state index contributed by atoms with van der Waals surface area (Å²) in [6, 6.07) is 5.68. The molecule has 3 aromatic rings. The molecule has 0 spiro atoms. The predicted molar refractivity (Wildman–Crippen MR) is 133 cm³/mol. The number of aromatic nitrogens is 5.